The first-order chi connectivity index (χ1) is 11.4. The smallest absolute Gasteiger partial charge is 0.242 e. The third-order valence-corrected chi connectivity index (χ3v) is 6.32. The Balaban J connectivity index is 1.74. The van der Waals surface area contributed by atoms with Crippen molar-refractivity contribution >= 4 is 10.0 Å². The standard InChI is InChI=1S/C17H23N3O3S/c1-13-18-17(12-23-13)15-4-6-16(7-5-15)24(21,22)20(3)11-14-8-9-19(2)10-14/h4-7,12,14H,8-11H2,1-3H3. The molecule has 1 aromatic carbocycles. The van der Waals surface area contributed by atoms with Crippen LogP contribution < -0.4 is 0 Å². The van der Waals surface area contributed by atoms with Crippen molar-refractivity contribution in [2.24, 2.45) is 5.92 Å². The van der Waals surface area contributed by atoms with Crippen LogP contribution in [0.1, 0.15) is 12.3 Å². The van der Waals surface area contributed by atoms with Gasteiger partial charge in [-0.1, -0.05) is 12.1 Å². The minimum absolute atomic E-state index is 0.306. The SMILES string of the molecule is Cc1nc(-c2ccc(S(=O)(=O)N(C)CC3CCN(C)C3)cc2)co1. The van der Waals surface area contributed by atoms with Crippen molar-refractivity contribution in [3.05, 3.63) is 36.4 Å². The minimum Gasteiger partial charge on any atom is -0.449 e. The van der Waals surface area contributed by atoms with Gasteiger partial charge in [-0.05, 0) is 38.1 Å². The fourth-order valence-electron chi connectivity index (χ4n) is 3.11. The van der Waals surface area contributed by atoms with Gasteiger partial charge in [-0.2, -0.15) is 0 Å². The van der Waals surface area contributed by atoms with Crippen LogP contribution in [0.4, 0.5) is 0 Å². The lowest BCUT2D eigenvalue weighted by Crippen LogP contribution is -2.32. The second-order valence-corrected chi connectivity index (χ2v) is 8.52. The summed E-state index contributed by atoms with van der Waals surface area (Å²) in [5.41, 5.74) is 1.55. The van der Waals surface area contributed by atoms with E-state index in [-0.39, 0.29) is 0 Å². The molecule has 1 unspecified atom stereocenters. The summed E-state index contributed by atoms with van der Waals surface area (Å²) < 4.78 is 32.1. The molecular formula is C17H23N3O3S. The number of likely N-dealkylation sites (tertiary alicyclic amines) is 1. The molecule has 1 aromatic heterocycles. The summed E-state index contributed by atoms with van der Waals surface area (Å²) in [6, 6.07) is 6.79. The Bertz CT molecular complexity index is 799. The zero-order chi connectivity index (χ0) is 17.3. The summed E-state index contributed by atoms with van der Waals surface area (Å²) in [4.78, 5) is 6.79. The van der Waals surface area contributed by atoms with Gasteiger partial charge in [0.05, 0.1) is 4.90 Å². The van der Waals surface area contributed by atoms with Crippen LogP contribution in [0.2, 0.25) is 0 Å². The molecule has 1 fully saturated rings. The summed E-state index contributed by atoms with van der Waals surface area (Å²) >= 11 is 0. The van der Waals surface area contributed by atoms with E-state index in [9.17, 15) is 8.42 Å². The van der Waals surface area contributed by atoms with Gasteiger partial charge in [-0.3, -0.25) is 0 Å². The number of benzene rings is 1. The molecule has 2 aromatic rings. The van der Waals surface area contributed by atoms with Crippen molar-refractivity contribution in [2.45, 2.75) is 18.2 Å². The maximum atomic E-state index is 12.7. The highest BCUT2D eigenvalue weighted by Gasteiger charge is 2.27. The number of aromatic nitrogens is 1. The van der Waals surface area contributed by atoms with Gasteiger partial charge in [0.15, 0.2) is 5.89 Å². The zero-order valence-corrected chi connectivity index (χ0v) is 15.1. The maximum Gasteiger partial charge on any atom is 0.242 e. The van der Waals surface area contributed by atoms with Crippen LogP contribution in [0.3, 0.4) is 0 Å². The molecule has 1 aliphatic heterocycles. The first-order valence-electron chi connectivity index (χ1n) is 8.03. The van der Waals surface area contributed by atoms with Gasteiger partial charge in [0.25, 0.3) is 0 Å². The lowest BCUT2D eigenvalue weighted by molar-refractivity contribution is 0.357. The summed E-state index contributed by atoms with van der Waals surface area (Å²) in [5, 5.41) is 0. The highest BCUT2D eigenvalue weighted by molar-refractivity contribution is 7.89. The number of rotatable bonds is 5. The lowest BCUT2D eigenvalue weighted by Gasteiger charge is -2.21. The molecule has 0 radical (unpaired) electrons. The number of aryl methyl sites for hydroxylation is 1. The van der Waals surface area contributed by atoms with Crippen molar-refractivity contribution in [1.82, 2.24) is 14.2 Å². The molecule has 3 rings (SSSR count). The Morgan fingerprint density at radius 3 is 2.58 bits per heavy atom. The van der Waals surface area contributed by atoms with E-state index in [0.717, 1.165) is 25.1 Å². The predicted octanol–water partition coefficient (Wildman–Crippen LogP) is 2.22. The number of hydrogen-bond acceptors (Lipinski definition) is 5. The summed E-state index contributed by atoms with van der Waals surface area (Å²) in [6.45, 7) is 4.31. The molecule has 130 valence electrons. The van der Waals surface area contributed by atoms with Crippen molar-refractivity contribution < 1.29 is 12.8 Å². The number of oxazole rings is 1. The first-order valence-corrected chi connectivity index (χ1v) is 9.48. The number of hydrogen-bond donors (Lipinski definition) is 0. The van der Waals surface area contributed by atoms with Gasteiger partial charge in [0.2, 0.25) is 10.0 Å². The van der Waals surface area contributed by atoms with E-state index in [4.69, 9.17) is 4.42 Å². The van der Waals surface area contributed by atoms with E-state index in [2.05, 4.69) is 16.9 Å². The highest BCUT2D eigenvalue weighted by atomic mass is 32.2. The fraction of sp³-hybridized carbons (Fsp3) is 0.471. The highest BCUT2D eigenvalue weighted by Crippen LogP contribution is 2.23. The average Bonchev–Trinajstić information content (AvgIpc) is 3.16. The summed E-state index contributed by atoms with van der Waals surface area (Å²) in [7, 11) is 0.257. The number of sulfonamides is 1. The molecule has 0 saturated carbocycles. The van der Waals surface area contributed by atoms with E-state index in [0.29, 0.717) is 28.9 Å². The normalized spacial score (nSPS) is 19.2. The van der Waals surface area contributed by atoms with Crippen LogP contribution in [0, 0.1) is 12.8 Å². The molecule has 1 atom stereocenters. The van der Waals surface area contributed by atoms with Gasteiger partial charge >= 0.3 is 0 Å². The van der Waals surface area contributed by atoms with Crippen LogP contribution in [-0.2, 0) is 10.0 Å². The van der Waals surface area contributed by atoms with E-state index >= 15 is 0 Å². The van der Waals surface area contributed by atoms with Crippen molar-refractivity contribution in [2.75, 3.05) is 33.7 Å². The molecule has 24 heavy (non-hydrogen) atoms. The average molecular weight is 349 g/mol. The van der Waals surface area contributed by atoms with Gasteiger partial charge in [-0.25, -0.2) is 17.7 Å². The van der Waals surface area contributed by atoms with Crippen LogP contribution >= 0.6 is 0 Å². The molecule has 7 heteroatoms. The van der Waals surface area contributed by atoms with Crippen LogP contribution in [0.25, 0.3) is 11.3 Å². The molecule has 1 aliphatic rings. The van der Waals surface area contributed by atoms with Crippen LogP contribution in [-0.4, -0.2) is 56.3 Å². The van der Waals surface area contributed by atoms with E-state index < -0.39 is 10.0 Å². The molecule has 6 nitrogen and oxygen atoms in total. The molecule has 0 amide bonds. The zero-order valence-electron chi connectivity index (χ0n) is 14.3. The molecule has 0 bridgehead atoms. The Kier molecular flexibility index (Phi) is 4.76. The van der Waals surface area contributed by atoms with Crippen LogP contribution in [0.15, 0.2) is 39.8 Å². The lowest BCUT2D eigenvalue weighted by atomic mass is 10.1. The quantitative estimate of drug-likeness (QED) is 0.828. The summed E-state index contributed by atoms with van der Waals surface area (Å²) in [5.74, 6) is 0.982. The van der Waals surface area contributed by atoms with E-state index in [1.807, 2.05) is 0 Å². The fourth-order valence-corrected chi connectivity index (χ4v) is 4.36. The maximum absolute atomic E-state index is 12.7. The first kappa shape index (κ1) is 17.1. The van der Waals surface area contributed by atoms with Crippen molar-refractivity contribution in [1.29, 1.82) is 0 Å². The van der Waals surface area contributed by atoms with E-state index in [1.165, 1.54) is 4.31 Å². The number of nitrogens with zero attached hydrogens (tertiary/aromatic N) is 3. The topological polar surface area (TPSA) is 66.7 Å². The van der Waals surface area contributed by atoms with E-state index in [1.54, 1.807) is 44.5 Å². The van der Waals surface area contributed by atoms with Gasteiger partial charge < -0.3 is 9.32 Å². The predicted molar refractivity (Wildman–Crippen MR) is 92.1 cm³/mol. The monoisotopic (exact) mass is 349 g/mol. The van der Waals surface area contributed by atoms with Gasteiger partial charge in [0, 0.05) is 32.6 Å². The molecule has 1 saturated heterocycles. The molecule has 2 heterocycles. The second-order valence-electron chi connectivity index (χ2n) is 6.48. The minimum atomic E-state index is -3.47. The Morgan fingerprint density at radius 2 is 2.04 bits per heavy atom. The Morgan fingerprint density at radius 1 is 1.33 bits per heavy atom. The van der Waals surface area contributed by atoms with Crippen molar-refractivity contribution in [3.63, 3.8) is 0 Å². The third kappa shape index (κ3) is 3.53. The Labute approximate surface area is 143 Å². The van der Waals surface area contributed by atoms with Gasteiger partial charge in [-0.15, -0.1) is 0 Å². The third-order valence-electron chi connectivity index (χ3n) is 4.48. The second kappa shape index (κ2) is 6.66. The van der Waals surface area contributed by atoms with Gasteiger partial charge in [0.1, 0.15) is 12.0 Å². The molecule has 0 spiro atoms. The molecule has 0 N–H and O–H groups in total. The Hall–Kier alpha value is -1.70. The summed E-state index contributed by atoms with van der Waals surface area (Å²) in [6.07, 6.45) is 2.61. The van der Waals surface area contributed by atoms with Crippen molar-refractivity contribution in [3.8, 4) is 11.3 Å². The molecular weight excluding hydrogens is 326 g/mol. The van der Waals surface area contributed by atoms with Crippen LogP contribution in [0.5, 0.6) is 0 Å². The molecule has 0 aliphatic carbocycles. The largest absolute Gasteiger partial charge is 0.449 e.